The minimum absolute atomic E-state index is 0.00454. The van der Waals surface area contributed by atoms with E-state index in [0.29, 0.717) is 50.2 Å². The third kappa shape index (κ3) is 5.08. The van der Waals surface area contributed by atoms with Crippen molar-refractivity contribution >= 4 is 21.8 Å². The number of hydrogen-bond acceptors (Lipinski definition) is 5. The van der Waals surface area contributed by atoms with E-state index in [1.807, 2.05) is 4.90 Å². The van der Waals surface area contributed by atoms with Crippen LogP contribution in [-0.2, 0) is 14.8 Å². The zero-order chi connectivity index (χ0) is 25.4. The Morgan fingerprint density at radius 2 is 1.56 bits per heavy atom. The number of fused-ring (bicyclic) bond motifs is 2. The molecule has 7 atom stereocenters. The summed E-state index contributed by atoms with van der Waals surface area (Å²) >= 11 is 0. The average molecular weight is 522 g/mol. The Labute approximate surface area is 217 Å². The number of nitrogens with one attached hydrogen (secondary N) is 1. The van der Waals surface area contributed by atoms with Gasteiger partial charge >= 0.3 is 0 Å². The maximum Gasteiger partial charge on any atom is 0.241 e. The minimum Gasteiger partial charge on any atom is -0.387 e. The van der Waals surface area contributed by atoms with Gasteiger partial charge in [0.15, 0.2) is 0 Å². The first-order valence-electron chi connectivity index (χ1n) is 14.6. The van der Waals surface area contributed by atoms with E-state index in [1.54, 1.807) is 4.31 Å². The van der Waals surface area contributed by atoms with Crippen LogP contribution < -0.4 is 11.5 Å². The molecule has 1 amide bonds. The first-order valence-corrected chi connectivity index (χ1v) is 16.1. The number of carbonyl (C=O) groups excluding carboxylic acids is 1. The molecule has 36 heavy (non-hydrogen) atoms. The Bertz CT molecular complexity index is 918. The Morgan fingerprint density at radius 1 is 0.861 bits per heavy atom. The van der Waals surface area contributed by atoms with Gasteiger partial charge in [-0.05, 0) is 94.4 Å². The zero-order valence-electron chi connectivity index (χ0n) is 21.8. The quantitative estimate of drug-likeness (QED) is 0.365. The summed E-state index contributed by atoms with van der Waals surface area (Å²) in [5.41, 5.74) is 11.7. The van der Waals surface area contributed by atoms with E-state index in [1.165, 1.54) is 19.3 Å². The summed E-state index contributed by atoms with van der Waals surface area (Å²) < 4.78 is 30.5. The van der Waals surface area contributed by atoms with Crippen LogP contribution in [0.1, 0.15) is 89.9 Å². The van der Waals surface area contributed by atoms with Crippen molar-refractivity contribution in [3.05, 3.63) is 0 Å². The zero-order valence-corrected chi connectivity index (χ0v) is 22.6. The molecule has 5 aliphatic rings. The highest BCUT2D eigenvalue weighted by Gasteiger charge is 2.55. The Balaban J connectivity index is 1.38. The van der Waals surface area contributed by atoms with Gasteiger partial charge in [-0.25, -0.2) is 8.42 Å². The fourth-order valence-corrected chi connectivity index (χ4v) is 10.9. The molecule has 0 radical (unpaired) electrons. The van der Waals surface area contributed by atoms with Crippen molar-refractivity contribution in [2.75, 3.05) is 19.6 Å². The van der Waals surface area contributed by atoms with Crippen molar-refractivity contribution in [3.63, 3.8) is 0 Å². The van der Waals surface area contributed by atoms with E-state index in [9.17, 15) is 13.2 Å². The standard InChI is InChI=1S/C27H47N5O3S/c28-12-9-18-10-13-31(14-11-18)27(33)25-16-21-5-6-22(26(29)30)17-24(21)32(25)36(34,35)23-8-7-19-3-1-2-4-20(19)15-23/h18-25H,1-17,28H2,(H3,29,30). The largest absolute Gasteiger partial charge is 0.387 e. The molecule has 204 valence electrons. The van der Waals surface area contributed by atoms with Crippen LogP contribution in [-0.4, -0.2) is 66.3 Å². The molecule has 5 rings (SSSR count). The molecular formula is C27H47N5O3S. The van der Waals surface area contributed by atoms with Crippen LogP contribution in [0.3, 0.4) is 0 Å². The average Bonchev–Trinajstić information content (AvgIpc) is 3.28. The minimum atomic E-state index is -3.63. The third-order valence-corrected chi connectivity index (χ3v) is 12.9. The summed E-state index contributed by atoms with van der Waals surface area (Å²) in [7, 11) is -3.63. The molecule has 3 aliphatic carbocycles. The molecule has 2 heterocycles. The maximum atomic E-state index is 14.4. The predicted octanol–water partition coefficient (Wildman–Crippen LogP) is 3.06. The molecule has 8 nitrogen and oxygen atoms in total. The second-order valence-electron chi connectivity index (χ2n) is 12.5. The highest BCUT2D eigenvalue weighted by Crippen LogP contribution is 2.48. The first kappa shape index (κ1) is 26.4. The van der Waals surface area contributed by atoms with E-state index >= 15 is 0 Å². The fourth-order valence-electron chi connectivity index (χ4n) is 8.44. The molecule has 5 fully saturated rings. The lowest BCUT2D eigenvalue weighted by Crippen LogP contribution is -2.55. The lowest BCUT2D eigenvalue weighted by molar-refractivity contribution is -0.136. The van der Waals surface area contributed by atoms with E-state index < -0.39 is 16.1 Å². The Hall–Kier alpha value is -1.19. The van der Waals surface area contributed by atoms with Crippen LogP contribution in [0.25, 0.3) is 0 Å². The van der Waals surface area contributed by atoms with E-state index in [-0.39, 0.29) is 34.9 Å². The van der Waals surface area contributed by atoms with Crippen molar-refractivity contribution in [1.82, 2.24) is 9.21 Å². The molecule has 0 aromatic rings. The van der Waals surface area contributed by atoms with Gasteiger partial charge in [0.1, 0.15) is 6.04 Å². The number of amides is 1. The second kappa shape index (κ2) is 10.9. The van der Waals surface area contributed by atoms with Gasteiger partial charge in [-0.3, -0.25) is 10.2 Å². The van der Waals surface area contributed by atoms with E-state index in [2.05, 4.69) is 0 Å². The predicted molar refractivity (Wildman–Crippen MR) is 142 cm³/mol. The molecule has 2 saturated heterocycles. The number of carbonyl (C=O) groups is 1. The van der Waals surface area contributed by atoms with Crippen molar-refractivity contribution in [3.8, 4) is 0 Å². The van der Waals surface area contributed by atoms with Gasteiger partial charge in [-0.15, -0.1) is 0 Å². The number of nitrogens with two attached hydrogens (primary N) is 2. The normalized spacial score (nSPS) is 38.4. The van der Waals surface area contributed by atoms with Crippen LogP contribution >= 0.6 is 0 Å². The summed E-state index contributed by atoms with van der Waals surface area (Å²) in [6.45, 7) is 2.08. The lowest BCUT2D eigenvalue weighted by Gasteiger charge is -2.43. The van der Waals surface area contributed by atoms with Crippen LogP contribution in [0.15, 0.2) is 0 Å². The summed E-state index contributed by atoms with van der Waals surface area (Å²) in [5.74, 6) is 2.02. The highest BCUT2D eigenvalue weighted by atomic mass is 32.2. The molecule has 5 N–H and O–H groups in total. The molecular weight excluding hydrogens is 474 g/mol. The number of likely N-dealkylation sites (tertiary alicyclic amines) is 1. The number of piperidine rings is 1. The van der Waals surface area contributed by atoms with Crippen molar-refractivity contribution in [1.29, 1.82) is 5.41 Å². The Kier molecular flexibility index (Phi) is 7.99. The number of rotatable bonds is 6. The van der Waals surface area contributed by atoms with Crippen LogP contribution in [0, 0.1) is 35.0 Å². The summed E-state index contributed by atoms with van der Waals surface area (Å²) in [5, 5.41) is 7.66. The molecule has 0 bridgehead atoms. The van der Waals surface area contributed by atoms with Crippen molar-refractivity contribution in [2.24, 2.45) is 41.1 Å². The van der Waals surface area contributed by atoms with Gasteiger partial charge in [-0.1, -0.05) is 25.7 Å². The second-order valence-corrected chi connectivity index (χ2v) is 14.6. The third-order valence-electron chi connectivity index (χ3n) is 10.5. The van der Waals surface area contributed by atoms with Crippen LogP contribution in [0.4, 0.5) is 0 Å². The smallest absolute Gasteiger partial charge is 0.241 e. The van der Waals surface area contributed by atoms with Gasteiger partial charge in [0, 0.05) is 25.0 Å². The van der Waals surface area contributed by atoms with E-state index in [0.717, 1.165) is 57.8 Å². The van der Waals surface area contributed by atoms with Gasteiger partial charge in [0.25, 0.3) is 0 Å². The summed E-state index contributed by atoms with van der Waals surface area (Å²) in [4.78, 5) is 15.8. The number of sulfonamides is 1. The van der Waals surface area contributed by atoms with Gasteiger partial charge in [0.2, 0.25) is 15.9 Å². The van der Waals surface area contributed by atoms with Crippen LogP contribution in [0.5, 0.6) is 0 Å². The molecule has 9 heteroatoms. The molecule has 3 saturated carbocycles. The SMILES string of the molecule is N=C(N)C1CCC2CC(C(=O)N3CCC(CCN)CC3)N(S(=O)(=O)C3CCC4CCCCC4C3)C2C1. The summed E-state index contributed by atoms with van der Waals surface area (Å²) in [6, 6.07) is -0.795. The summed E-state index contributed by atoms with van der Waals surface area (Å²) in [6.07, 6.45) is 13.1. The lowest BCUT2D eigenvalue weighted by atomic mass is 9.71. The molecule has 0 aromatic heterocycles. The van der Waals surface area contributed by atoms with Crippen molar-refractivity contribution < 1.29 is 13.2 Å². The van der Waals surface area contributed by atoms with E-state index in [4.69, 9.17) is 16.9 Å². The van der Waals surface area contributed by atoms with Gasteiger partial charge in [-0.2, -0.15) is 4.31 Å². The molecule has 7 unspecified atom stereocenters. The number of nitrogens with zero attached hydrogens (tertiary/aromatic N) is 2. The number of amidine groups is 1. The van der Waals surface area contributed by atoms with Crippen LogP contribution in [0.2, 0.25) is 0 Å². The topological polar surface area (TPSA) is 134 Å². The van der Waals surface area contributed by atoms with Crippen molar-refractivity contribution in [2.45, 2.75) is 107 Å². The fraction of sp³-hybridized carbons (Fsp3) is 0.926. The Morgan fingerprint density at radius 3 is 2.25 bits per heavy atom. The monoisotopic (exact) mass is 521 g/mol. The first-order chi connectivity index (χ1) is 17.3. The van der Waals surface area contributed by atoms with Gasteiger partial charge < -0.3 is 16.4 Å². The maximum absolute atomic E-state index is 14.4. The number of hydrogen-bond donors (Lipinski definition) is 3. The molecule has 0 spiro atoms. The molecule has 0 aromatic carbocycles. The van der Waals surface area contributed by atoms with Gasteiger partial charge in [0.05, 0.1) is 11.1 Å². The highest BCUT2D eigenvalue weighted by molar-refractivity contribution is 7.89. The molecule has 2 aliphatic heterocycles.